The summed E-state index contributed by atoms with van der Waals surface area (Å²) in [4.78, 5) is 46.0. The van der Waals surface area contributed by atoms with E-state index in [0.717, 1.165) is 41.0 Å². The summed E-state index contributed by atoms with van der Waals surface area (Å²) in [6.45, 7) is 8.78. The second kappa shape index (κ2) is 9.86. The van der Waals surface area contributed by atoms with Crippen LogP contribution in [0, 0.1) is 18.3 Å². The Morgan fingerprint density at radius 1 is 1.12 bits per heavy atom. The standard InChI is InChI=1S/C26H34N4O3S/c1-16-21(34-15-28-16)18-9-7-17(8-10-18)14-27-24(32)20-6-5-13-30(20)25(33)22(26(2,3)4)29-23(31)19-11-12-19/h7-10,15,19-20,22H,5-6,11-14H2,1-4H3,(H,27,32)(H,29,31)/t20?,22-/m1/s1. The first-order valence-corrected chi connectivity index (χ1v) is 12.9. The molecule has 2 heterocycles. The normalized spacial score (nSPS) is 19.1. The maximum Gasteiger partial charge on any atom is 0.246 e. The molecule has 0 bridgehead atoms. The summed E-state index contributed by atoms with van der Waals surface area (Å²) in [6.07, 6.45) is 3.18. The van der Waals surface area contributed by atoms with Gasteiger partial charge in [-0.1, -0.05) is 45.0 Å². The van der Waals surface area contributed by atoms with E-state index in [1.54, 1.807) is 16.2 Å². The largest absolute Gasteiger partial charge is 0.350 e. The highest BCUT2D eigenvalue weighted by Crippen LogP contribution is 2.31. The van der Waals surface area contributed by atoms with Crippen LogP contribution in [0.15, 0.2) is 29.8 Å². The van der Waals surface area contributed by atoms with E-state index in [-0.39, 0.29) is 23.6 Å². The van der Waals surface area contributed by atoms with Crippen LogP contribution in [0.5, 0.6) is 0 Å². The van der Waals surface area contributed by atoms with Gasteiger partial charge in [0.2, 0.25) is 17.7 Å². The number of hydrogen-bond acceptors (Lipinski definition) is 5. The highest BCUT2D eigenvalue weighted by molar-refractivity contribution is 7.13. The number of thiazole rings is 1. The molecule has 2 N–H and O–H groups in total. The molecule has 1 aromatic heterocycles. The quantitative estimate of drug-likeness (QED) is 0.630. The molecule has 2 atom stereocenters. The topological polar surface area (TPSA) is 91.4 Å². The Balaban J connectivity index is 1.38. The highest BCUT2D eigenvalue weighted by atomic mass is 32.1. The van der Waals surface area contributed by atoms with Crippen molar-refractivity contribution in [2.45, 2.75) is 72.0 Å². The molecule has 0 radical (unpaired) electrons. The van der Waals surface area contributed by atoms with Crippen LogP contribution in [-0.2, 0) is 20.9 Å². The Morgan fingerprint density at radius 3 is 2.41 bits per heavy atom. The number of hydrogen-bond donors (Lipinski definition) is 2. The molecule has 7 nitrogen and oxygen atoms in total. The lowest BCUT2D eigenvalue weighted by Gasteiger charge is -2.35. The van der Waals surface area contributed by atoms with Gasteiger partial charge < -0.3 is 15.5 Å². The summed E-state index contributed by atoms with van der Waals surface area (Å²) in [5.74, 6) is -0.329. The molecule has 2 fully saturated rings. The third-order valence-electron chi connectivity index (χ3n) is 6.61. The predicted octanol–water partition coefficient (Wildman–Crippen LogP) is 3.67. The number of nitrogens with zero attached hydrogens (tertiary/aromatic N) is 2. The van der Waals surface area contributed by atoms with E-state index in [9.17, 15) is 14.4 Å². The maximum atomic E-state index is 13.5. The first-order chi connectivity index (χ1) is 16.1. The van der Waals surface area contributed by atoms with Crippen molar-refractivity contribution in [1.29, 1.82) is 0 Å². The summed E-state index contributed by atoms with van der Waals surface area (Å²) in [7, 11) is 0. The van der Waals surface area contributed by atoms with Crippen LogP contribution in [0.25, 0.3) is 10.4 Å². The fourth-order valence-electron chi connectivity index (χ4n) is 4.38. The first-order valence-electron chi connectivity index (χ1n) is 12.0. The summed E-state index contributed by atoms with van der Waals surface area (Å²) in [6, 6.07) is 6.96. The molecule has 2 aromatic rings. The SMILES string of the molecule is Cc1ncsc1-c1ccc(CNC(=O)C2CCCN2C(=O)[C@@H](NC(=O)C2CC2)C(C)(C)C)cc1. The van der Waals surface area contributed by atoms with Crippen molar-refractivity contribution in [3.63, 3.8) is 0 Å². The number of carbonyl (C=O) groups is 3. The smallest absolute Gasteiger partial charge is 0.246 e. The minimum Gasteiger partial charge on any atom is -0.350 e. The van der Waals surface area contributed by atoms with E-state index in [2.05, 4.69) is 15.6 Å². The van der Waals surface area contributed by atoms with Crippen LogP contribution < -0.4 is 10.6 Å². The summed E-state index contributed by atoms with van der Waals surface area (Å²) < 4.78 is 0. The molecule has 34 heavy (non-hydrogen) atoms. The Bertz CT molecular complexity index is 1050. The van der Waals surface area contributed by atoms with Gasteiger partial charge in [-0.05, 0) is 49.1 Å². The number of carbonyl (C=O) groups excluding carboxylic acids is 3. The van der Waals surface area contributed by atoms with Crippen LogP contribution in [0.2, 0.25) is 0 Å². The number of nitrogens with one attached hydrogen (secondary N) is 2. The maximum absolute atomic E-state index is 13.5. The third-order valence-corrected chi connectivity index (χ3v) is 7.59. The van der Waals surface area contributed by atoms with E-state index in [0.29, 0.717) is 19.5 Å². The fourth-order valence-corrected chi connectivity index (χ4v) is 5.19. The van der Waals surface area contributed by atoms with Gasteiger partial charge in [0.05, 0.1) is 16.1 Å². The molecule has 1 saturated heterocycles. The Labute approximate surface area is 205 Å². The number of amides is 3. The van der Waals surface area contributed by atoms with Gasteiger partial charge in [-0.3, -0.25) is 14.4 Å². The molecule has 4 rings (SSSR count). The minimum atomic E-state index is -0.642. The molecule has 0 spiro atoms. The summed E-state index contributed by atoms with van der Waals surface area (Å²) >= 11 is 1.61. The molecule has 1 aliphatic heterocycles. The second-order valence-electron chi connectivity index (χ2n) is 10.5. The average molecular weight is 483 g/mol. The molecule has 8 heteroatoms. The first kappa shape index (κ1) is 24.4. The third kappa shape index (κ3) is 5.49. The number of aromatic nitrogens is 1. The van der Waals surface area contributed by atoms with E-state index >= 15 is 0 Å². The summed E-state index contributed by atoms with van der Waals surface area (Å²) in [5, 5.41) is 5.98. The molecule has 1 saturated carbocycles. The van der Waals surface area contributed by atoms with Crippen molar-refractivity contribution in [1.82, 2.24) is 20.5 Å². The Kier molecular flexibility index (Phi) is 7.07. The molecular formula is C26H34N4O3S. The lowest BCUT2D eigenvalue weighted by molar-refractivity contribution is -0.144. The fraction of sp³-hybridized carbons (Fsp3) is 0.538. The average Bonchev–Trinajstić information content (AvgIpc) is 3.38. The zero-order valence-corrected chi connectivity index (χ0v) is 21.2. The molecular weight excluding hydrogens is 448 g/mol. The number of rotatable bonds is 7. The van der Waals surface area contributed by atoms with E-state index in [4.69, 9.17) is 0 Å². The number of benzene rings is 1. The molecule has 1 aromatic carbocycles. The van der Waals surface area contributed by atoms with Gasteiger partial charge >= 0.3 is 0 Å². The van der Waals surface area contributed by atoms with Crippen LogP contribution >= 0.6 is 11.3 Å². The summed E-state index contributed by atoms with van der Waals surface area (Å²) in [5.41, 5.74) is 4.53. The predicted molar refractivity (Wildman–Crippen MR) is 133 cm³/mol. The van der Waals surface area contributed by atoms with Gasteiger partial charge in [0.15, 0.2) is 0 Å². The van der Waals surface area contributed by atoms with E-state index in [1.807, 2.05) is 57.5 Å². The van der Waals surface area contributed by atoms with Crippen molar-refractivity contribution in [3.05, 3.63) is 41.0 Å². The van der Waals surface area contributed by atoms with Crippen molar-refractivity contribution in [3.8, 4) is 10.4 Å². The van der Waals surface area contributed by atoms with Gasteiger partial charge in [-0.15, -0.1) is 11.3 Å². The van der Waals surface area contributed by atoms with Crippen LogP contribution in [0.1, 0.15) is 57.7 Å². The zero-order valence-electron chi connectivity index (χ0n) is 20.4. The monoisotopic (exact) mass is 482 g/mol. The van der Waals surface area contributed by atoms with Gasteiger partial charge in [0.25, 0.3) is 0 Å². The van der Waals surface area contributed by atoms with Gasteiger partial charge in [0.1, 0.15) is 12.1 Å². The van der Waals surface area contributed by atoms with Crippen LogP contribution in [0.3, 0.4) is 0 Å². The molecule has 1 aliphatic carbocycles. The Hall–Kier alpha value is -2.74. The Morgan fingerprint density at radius 2 is 1.82 bits per heavy atom. The molecule has 1 unspecified atom stereocenters. The van der Waals surface area contributed by atoms with Gasteiger partial charge in [-0.2, -0.15) is 0 Å². The van der Waals surface area contributed by atoms with Crippen LogP contribution in [0.4, 0.5) is 0 Å². The molecule has 182 valence electrons. The zero-order chi connectivity index (χ0) is 24.5. The van der Waals surface area contributed by atoms with Crippen molar-refractivity contribution >= 4 is 29.1 Å². The minimum absolute atomic E-state index is 0.0294. The second-order valence-corrected chi connectivity index (χ2v) is 11.3. The van der Waals surface area contributed by atoms with E-state index < -0.39 is 17.5 Å². The van der Waals surface area contributed by atoms with Crippen LogP contribution in [-0.4, -0.2) is 46.2 Å². The number of aryl methyl sites for hydroxylation is 1. The lowest BCUT2D eigenvalue weighted by Crippen LogP contribution is -2.57. The van der Waals surface area contributed by atoms with E-state index in [1.165, 1.54) is 0 Å². The van der Waals surface area contributed by atoms with Gasteiger partial charge in [-0.25, -0.2) is 4.98 Å². The van der Waals surface area contributed by atoms with Crippen molar-refractivity contribution in [2.24, 2.45) is 11.3 Å². The molecule has 3 amide bonds. The van der Waals surface area contributed by atoms with Crippen molar-refractivity contribution in [2.75, 3.05) is 6.54 Å². The van der Waals surface area contributed by atoms with Gasteiger partial charge in [0, 0.05) is 19.0 Å². The lowest BCUT2D eigenvalue weighted by atomic mass is 9.85. The highest BCUT2D eigenvalue weighted by Gasteiger charge is 2.43. The molecule has 2 aliphatic rings. The van der Waals surface area contributed by atoms with Crippen molar-refractivity contribution < 1.29 is 14.4 Å². The number of likely N-dealkylation sites (tertiary alicyclic amines) is 1.